The number of hydrogen-bond donors (Lipinski definition) is 2. The highest BCUT2D eigenvalue weighted by Gasteiger charge is 2.07. The van der Waals surface area contributed by atoms with Crippen LogP contribution in [0.4, 0.5) is 5.69 Å². The summed E-state index contributed by atoms with van der Waals surface area (Å²) in [6.07, 6.45) is 0.931. The van der Waals surface area contributed by atoms with Gasteiger partial charge in [0.2, 0.25) is 0 Å². The van der Waals surface area contributed by atoms with Crippen LogP contribution in [0.15, 0.2) is 48.5 Å². The highest BCUT2D eigenvalue weighted by atomic mass is 32.1. The lowest BCUT2D eigenvalue weighted by Crippen LogP contribution is -2.14. The van der Waals surface area contributed by atoms with E-state index in [0.717, 1.165) is 12.1 Å². The molecule has 0 bridgehead atoms. The minimum Gasteiger partial charge on any atom is -0.389 e. The van der Waals surface area contributed by atoms with Crippen LogP contribution in [0.3, 0.4) is 0 Å². The van der Waals surface area contributed by atoms with E-state index in [2.05, 4.69) is 12.2 Å². The molecule has 1 amide bonds. The van der Waals surface area contributed by atoms with Crippen LogP contribution in [-0.4, -0.2) is 10.9 Å². The number of carbonyl (C=O) groups is 1. The molecule has 0 unspecified atom stereocenters. The van der Waals surface area contributed by atoms with E-state index in [-0.39, 0.29) is 10.9 Å². The predicted octanol–water partition coefficient (Wildman–Crippen LogP) is 3.14. The highest BCUT2D eigenvalue weighted by Crippen LogP contribution is 2.13. The summed E-state index contributed by atoms with van der Waals surface area (Å²) in [6, 6.07) is 14.8. The van der Waals surface area contributed by atoms with E-state index in [4.69, 9.17) is 18.0 Å². The Bertz CT molecular complexity index is 652. The molecule has 0 aliphatic rings. The standard InChI is InChI=1S/C16H16N2OS/c1-2-11-5-3-8-14(9-11)18-16(19)13-7-4-6-12(10-13)15(17)20/h3-10H,2H2,1H3,(H2,17,20)(H,18,19). The summed E-state index contributed by atoms with van der Waals surface area (Å²) in [4.78, 5) is 12.5. The van der Waals surface area contributed by atoms with Gasteiger partial charge in [0, 0.05) is 16.8 Å². The lowest BCUT2D eigenvalue weighted by atomic mass is 10.1. The molecule has 2 rings (SSSR count). The predicted molar refractivity (Wildman–Crippen MR) is 86.1 cm³/mol. The first-order chi connectivity index (χ1) is 9.60. The Morgan fingerprint density at radius 3 is 2.55 bits per heavy atom. The van der Waals surface area contributed by atoms with Crippen LogP contribution in [0.2, 0.25) is 0 Å². The van der Waals surface area contributed by atoms with Gasteiger partial charge in [-0.3, -0.25) is 4.79 Å². The number of nitrogens with two attached hydrogens (primary N) is 1. The molecular weight excluding hydrogens is 268 g/mol. The maximum atomic E-state index is 12.2. The maximum absolute atomic E-state index is 12.2. The monoisotopic (exact) mass is 284 g/mol. The second kappa shape index (κ2) is 6.30. The van der Waals surface area contributed by atoms with Gasteiger partial charge in [-0.05, 0) is 36.2 Å². The minimum absolute atomic E-state index is 0.170. The molecule has 2 aromatic rings. The quantitative estimate of drug-likeness (QED) is 0.848. The summed E-state index contributed by atoms with van der Waals surface area (Å²) in [7, 11) is 0. The van der Waals surface area contributed by atoms with Crippen LogP contribution in [-0.2, 0) is 6.42 Å². The molecule has 2 aromatic carbocycles. The van der Waals surface area contributed by atoms with Gasteiger partial charge in [0.25, 0.3) is 5.91 Å². The summed E-state index contributed by atoms with van der Waals surface area (Å²) < 4.78 is 0. The molecule has 0 atom stereocenters. The maximum Gasteiger partial charge on any atom is 0.255 e. The van der Waals surface area contributed by atoms with Crippen molar-refractivity contribution in [1.29, 1.82) is 0 Å². The number of amides is 1. The average molecular weight is 284 g/mol. The van der Waals surface area contributed by atoms with E-state index < -0.39 is 0 Å². The molecule has 0 fully saturated rings. The van der Waals surface area contributed by atoms with E-state index in [9.17, 15) is 4.79 Å². The van der Waals surface area contributed by atoms with Gasteiger partial charge in [0.05, 0.1) is 0 Å². The number of hydrogen-bond acceptors (Lipinski definition) is 2. The van der Waals surface area contributed by atoms with Crippen molar-refractivity contribution in [3.63, 3.8) is 0 Å². The van der Waals surface area contributed by atoms with Crippen LogP contribution < -0.4 is 11.1 Å². The van der Waals surface area contributed by atoms with E-state index in [0.29, 0.717) is 11.1 Å². The first-order valence-corrected chi connectivity index (χ1v) is 6.81. The van der Waals surface area contributed by atoms with Gasteiger partial charge >= 0.3 is 0 Å². The zero-order valence-corrected chi connectivity index (χ0v) is 12.0. The second-order valence-electron chi connectivity index (χ2n) is 4.45. The number of benzene rings is 2. The van der Waals surface area contributed by atoms with Crippen molar-refractivity contribution in [2.45, 2.75) is 13.3 Å². The number of carbonyl (C=O) groups excluding carboxylic acids is 1. The van der Waals surface area contributed by atoms with E-state index in [1.165, 1.54) is 5.56 Å². The third kappa shape index (κ3) is 3.42. The molecule has 0 saturated carbocycles. The van der Waals surface area contributed by atoms with Crippen LogP contribution in [0, 0.1) is 0 Å². The molecule has 20 heavy (non-hydrogen) atoms. The van der Waals surface area contributed by atoms with Gasteiger partial charge < -0.3 is 11.1 Å². The van der Waals surface area contributed by atoms with Crippen molar-refractivity contribution < 1.29 is 4.79 Å². The number of rotatable bonds is 4. The van der Waals surface area contributed by atoms with E-state index in [1.54, 1.807) is 24.3 Å². The van der Waals surface area contributed by atoms with E-state index >= 15 is 0 Å². The highest BCUT2D eigenvalue weighted by molar-refractivity contribution is 7.80. The van der Waals surface area contributed by atoms with Crippen molar-refractivity contribution in [3.05, 3.63) is 65.2 Å². The summed E-state index contributed by atoms with van der Waals surface area (Å²) in [5.74, 6) is -0.170. The topological polar surface area (TPSA) is 55.1 Å². The summed E-state index contributed by atoms with van der Waals surface area (Å²) >= 11 is 4.92. The molecule has 0 aliphatic carbocycles. The molecular formula is C16H16N2OS. The van der Waals surface area contributed by atoms with Gasteiger partial charge in [-0.25, -0.2) is 0 Å². The van der Waals surface area contributed by atoms with Gasteiger partial charge in [-0.2, -0.15) is 0 Å². The first-order valence-electron chi connectivity index (χ1n) is 6.40. The van der Waals surface area contributed by atoms with Crippen LogP contribution >= 0.6 is 12.2 Å². The second-order valence-corrected chi connectivity index (χ2v) is 4.89. The third-order valence-corrected chi connectivity index (χ3v) is 3.24. The molecule has 102 valence electrons. The van der Waals surface area contributed by atoms with Gasteiger partial charge in [0.1, 0.15) is 4.99 Å². The van der Waals surface area contributed by atoms with Crippen molar-refractivity contribution in [3.8, 4) is 0 Å². The van der Waals surface area contributed by atoms with Crippen LogP contribution in [0.1, 0.15) is 28.4 Å². The molecule has 4 heteroatoms. The summed E-state index contributed by atoms with van der Waals surface area (Å²) in [5, 5.41) is 2.88. The van der Waals surface area contributed by atoms with Crippen LogP contribution in [0.5, 0.6) is 0 Å². The SMILES string of the molecule is CCc1cccc(NC(=O)c2cccc(C(N)=S)c2)c1. The summed E-state index contributed by atoms with van der Waals surface area (Å²) in [5.41, 5.74) is 8.77. The molecule has 0 radical (unpaired) electrons. The zero-order chi connectivity index (χ0) is 14.5. The fourth-order valence-electron chi connectivity index (χ4n) is 1.89. The Kier molecular flexibility index (Phi) is 4.48. The number of anilines is 1. The fraction of sp³-hybridized carbons (Fsp3) is 0.125. The zero-order valence-electron chi connectivity index (χ0n) is 11.2. The lowest BCUT2D eigenvalue weighted by Gasteiger charge is -2.07. The molecule has 0 heterocycles. The Hall–Kier alpha value is -2.20. The smallest absolute Gasteiger partial charge is 0.255 e. The molecule has 0 saturated heterocycles. The van der Waals surface area contributed by atoms with Gasteiger partial charge in [-0.15, -0.1) is 0 Å². The Morgan fingerprint density at radius 1 is 1.15 bits per heavy atom. The molecule has 0 aliphatic heterocycles. The molecule has 0 aromatic heterocycles. The number of nitrogens with one attached hydrogen (secondary N) is 1. The number of thiocarbonyl (C=S) groups is 1. The lowest BCUT2D eigenvalue weighted by molar-refractivity contribution is 0.102. The first kappa shape index (κ1) is 14.2. The van der Waals surface area contributed by atoms with Crippen molar-refractivity contribution in [2.24, 2.45) is 5.73 Å². The van der Waals surface area contributed by atoms with Gasteiger partial charge in [0.15, 0.2) is 0 Å². The normalized spacial score (nSPS) is 10.1. The summed E-state index contributed by atoms with van der Waals surface area (Å²) in [6.45, 7) is 2.08. The van der Waals surface area contributed by atoms with E-state index in [1.807, 2.05) is 24.3 Å². The number of aryl methyl sites for hydroxylation is 1. The van der Waals surface area contributed by atoms with Crippen molar-refractivity contribution >= 4 is 28.8 Å². The Labute approximate surface area is 123 Å². The average Bonchev–Trinajstić information content (AvgIpc) is 2.47. The molecule has 0 spiro atoms. The minimum atomic E-state index is -0.170. The fourth-order valence-corrected chi connectivity index (χ4v) is 2.01. The van der Waals surface area contributed by atoms with Crippen molar-refractivity contribution in [1.82, 2.24) is 0 Å². The van der Waals surface area contributed by atoms with Crippen LogP contribution in [0.25, 0.3) is 0 Å². The molecule has 3 nitrogen and oxygen atoms in total. The Morgan fingerprint density at radius 2 is 1.85 bits per heavy atom. The largest absolute Gasteiger partial charge is 0.389 e. The molecule has 3 N–H and O–H groups in total. The Balaban J connectivity index is 2.19. The van der Waals surface area contributed by atoms with Crippen molar-refractivity contribution in [2.75, 3.05) is 5.32 Å². The third-order valence-electron chi connectivity index (χ3n) is 3.00. The van der Waals surface area contributed by atoms with Gasteiger partial charge in [-0.1, -0.05) is 43.4 Å².